The lowest BCUT2D eigenvalue weighted by atomic mass is 10.0. The molecule has 0 saturated heterocycles. The van der Waals surface area contributed by atoms with Gasteiger partial charge in [0, 0.05) is 11.7 Å². The highest BCUT2D eigenvalue weighted by Gasteiger charge is 2.16. The van der Waals surface area contributed by atoms with Gasteiger partial charge >= 0.3 is 5.97 Å². The first-order valence-corrected chi connectivity index (χ1v) is 5.49. The van der Waals surface area contributed by atoms with Crippen LogP contribution in [0, 0.1) is 0 Å². The maximum absolute atomic E-state index is 10.8. The molecule has 0 radical (unpaired) electrons. The Bertz CT molecular complexity index is 141. The summed E-state index contributed by atoms with van der Waals surface area (Å²) < 4.78 is 5.01. The lowest BCUT2D eigenvalue weighted by molar-refractivity contribution is -0.132. The zero-order chi connectivity index (χ0) is 8.81. The number of hydrogen-bond acceptors (Lipinski definition) is 3. The van der Waals surface area contributed by atoms with Gasteiger partial charge in [0.1, 0.15) is 0 Å². The second-order valence-electron chi connectivity index (χ2n) is 3.17. The summed E-state index contributed by atoms with van der Waals surface area (Å²) in [5.74, 6) is -0.0921. The summed E-state index contributed by atoms with van der Waals surface area (Å²) in [6.07, 6.45) is 6.84. The molecule has 0 atom stereocenters. The normalized spacial score (nSPS) is 19.1. The van der Waals surface area contributed by atoms with E-state index in [1.807, 2.05) is 6.92 Å². The van der Waals surface area contributed by atoms with Crippen LogP contribution in [0.1, 0.15) is 45.4 Å². The molecule has 12 heavy (non-hydrogen) atoms. The highest BCUT2D eigenvalue weighted by Crippen LogP contribution is 2.28. The number of carbonyl (C=O) groups is 1. The molecule has 70 valence electrons. The van der Waals surface area contributed by atoms with E-state index in [0.717, 1.165) is 0 Å². The van der Waals surface area contributed by atoms with Crippen LogP contribution in [-0.2, 0) is 8.98 Å². The van der Waals surface area contributed by atoms with E-state index in [4.69, 9.17) is 4.18 Å². The fourth-order valence-corrected chi connectivity index (χ4v) is 2.23. The number of rotatable bonds is 3. The van der Waals surface area contributed by atoms with Crippen molar-refractivity contribution in [1.82, 2.24) is 0 Å². The lowest BCUT2D eigenvalue weighted by Gasteiger charge is -2.19. The Morgan fingerprint density at radius 1 is 1.42 bits per heavy atom. The monoisotopic (exact) mass is 188 g/mol. The van der Waals surface area contributed by atoms with E-state index in [1.165, 1.54) is 44.1 Å². The highest BCUT2D eigenvalue weighted by atomic mass is 32.2. The van der Waals surface area contributed by atoms with Gasteiger partial charge < -0.3 is 4.18 Å². The van der Waals surface area contributed by atoms with Crippen molar-refractivity contribution in [3.63, 3.8) is 0 Å². The van der Waals surface area contributed by atoms with Crippen LogP contribution in [0.3, 0.4) is 0 Å². The van der Waals surface area contributed by atoms with Crippen molar-refractivity contribution in [3.05, 3.63) is 0 Å². The molecular weight excluding hydrogens is 172 g/mol. The summed E-state index contributed by atoms with van der Waals surface area (Å²) in [4.78, 5) is 10.8. The predicted octanol–water partition coefficient (Wildman–Crippen LogP) is 2.92. The minimum atomic E-state index is -0.0921. The van der Waals surface area contributed by atoms with Crippen LogP contribution in [0.4, 0.5) is 0 Å². The summed E-state index contributed by atoms with van der Waals surface area (Å²) >= 11 is 1.38. The molecule has 0 aromatic rings. The molecule has 1 saturated carbocycles. The summed E-state index contributed by atoms with van der Waals surface area (Å²) in [5.41, 5.74) is 0. The predicted molar refractivity (Wildman–Crippen MR) is 50.8 cm³/mol. The molecule has 0 aromatic carbocycles. The van der Waals surface area contributed by atoms with Crippen molar-refractivity contribution in [2.45, 2.75) is 50.7 Å². The first kappa shape index (κ1) is 9.90. The molecule has 1 fully saturated rings. The average Bonchev–Trinajstić information content (AvgIpc) is 2.16. The molecule has 2 nitrogen and oxygen atoms in total. The van der Waals surface area contributed by atoms with Gasteiger partial charge in [0.15, 0.2) is 0 Å². The van der Waals surface area contributed by atoms with Gasteiger partial charge in [0.05, 0.1) is 12.0 Å². The van der Waals surface area contributed by atoms with Gasteiger partial charge in [0.2, 0.25) is 0 Å². The Balaban J connectivity index is 2.09. The first-order valence-electron chi connectivity index (χ1n) is 4.69. The maximum Gasteiger partial charge on any atom is 0.317 e. The molecule has 0 unspecified atom stereocenters. The molecule has 0 aliphatic heterocycles. The average molecular weight is 188 g/mol. The lowest BCUT2D eigenvalue weighted by Crippen LogP contribution is -2.10. The third kappa shape index (κ3) is 3.48. The molecular formula is C9H16O2S. The van der Waals surface area contributed by atoms with Gasteiger partial charge in [-0.15, -0.1) is 0 Å². The second kappa shape index (κ2) is 5.46. The first-order chi connectivity index (χ1) is 5.83. The Morgan fingerprint density at radius 2 is 2.08 bits per heavy atom. The zero-order valence-corrected chi connectivity index (χ0v) is 8.36. The largest absolute Gasteiger partial charge is 0.391 e. The topological polar surface area (TPSA) is 26.3 Å². The quantitative estimate of drug-likeness (QED) is 0.637. The minimum absolute atomic E-state index is 0.0921. The standard InChI is InChI=1S/C9H16O2S/c1-2-9(10)11-12-8-6-4-3-5-7-8/h8H,2-7H2,1H3. The van der Waals surface area contributed by atoms with Crippen LogP contribution >= 0.6 is 12.0 Å². The number of carbonyl (C=O) groups excluding carboxylic acids is 1. The highest BCUT2D eigenvalue weighted by molar-refractivity contribution is 7.95. The van der Waals surface area contributed by atoms with Gasteiger partial charge in [-0.2, -0.15) is 0 Å². The molecule has 0 amide bonds. The zero-order valence-electron chi connectivity index (χ0n) is 7.54. The van der Waals surface area contributed by atoms with E-state index < -0.39 is 0 Å². The van der Waals surface area contributed by atoms with Crippen LogP contribution in [0.2, 0.25) is 0 Å². The van der Waals surface area contributed by atoms with E-state index in [9.17, 15) is 4.79 Å². The maximum atomic E-state index is 10.8. The Labute approximate surface area is 78.3 Å². The Kier molecular flexibility index (Phi) is 4.51. The van der Waals surface area contributed by atoms with Crippen LogP contribution in [-0.4, -0.2) is 11.2 Å². The molecule has 0 heterocycles. The van der Waals surface area contributed by atoms with Crippen LogP contribution in [0.15, 0.2) is 0 Å². The van der Waals surface area contributed by atoms with Crippen molar-refractivity contribution in [3.8, 4) is 0 Å². The van der Waals surface area contributed by atoms with E-state index >= 15 is 0 Å². The van der Waals surface area contributed by atoms with Crippen LogP contribution < -0.4 is 0 Å². The molecule has 1 aliphatic rings. The molecule has 0 spiro atoms. The van der Waals surface area contributed by atoms with Crippen molar-refractivity contribution in [1.29, 1.82) is 0 Å². The van der Waals surface area contributed by atoms with Crippen molar-refractivity contribution < 1.29 is 8.98 Å². The van der Waals surface area contributed by atoms with Gasteiger partial charge in [-0.1, -0.05) is 26.2 Å². The van der Waals surface area contributed by atoms with Crippen molar-refractivity contribution in [2.24, 2.45) is 0 Å². The van der Waals surface area contributed by atoms with Crippen molar-refractivity contribution in [2.75, 3.05) is 0 Å². The molecule has 3 heteroatoms. The fraction of sp³-hybridized carbons (Fsp3) is 0.889. The van der Waals surface area contributed by atoms with E-state index in [1.54, 1.807) is 0 Å². The van der Waals surface area contributed by atoms with Gasteiger partial charge in [-0.3, -0.25) is 4.79 Å². The Hall–Kier alpha value is -0.180. The third-order valence-corrected chi connectivity index (χ3v) is 3.14. The van der Waals surface area contributed by atoms with E-state index in [-0.39, 0.29) is 5.97 Å². The fourth-order valence-electron chi connectivity index (χ4n) is 1.34. The third-order valence-electron chi connectivity index (χ3n) is 2.12. The van der Waals surface area contributed by atoms with Gasteiger partial charge in [-0.25, -0.2) is 0 Å². The molecule has 0 N–H and O–H groups in total. The van der Waals surface area contributed by atoms with Crippen LogP contribution in [0.5, 0.6) is 0 Å². The summed E-state index contributed by atoms with van der Waals surface area (Å²) in [6.45, 7) is 1.82. The summed E-state index contributed by atoms with van der Waals surface area (Å²) in [7, 11) is 0. The summed E-state index contributed by atoms with van der Waals surface area (Å²) in [5, 5.41) is 0.564. The van der Waals surface area contributed by atoms with Gasteiger partial charge in [-0.05, 0) is 12.8 Å². The second-order valence-corrected chi connectivity index (χ2v) is 4.19. The minimum Gasteiger partial charge on any atom is -0.391 e. The molecule has 1 rings (SSSR count). The molecule has 0 bridgehead atoms. The SMILES string of the molecule is CCC(=O)OSC1CCCCC1. The summed E-state index contributed by atoms with van der Waals surface area (Å²) in [6, 6.07) is 0. The number of hydrogen-bond donors (Lipinski definition) is 0. The van der Waals surface area contributed by atoms with E-state index in [2.05, 4.69) is 0 Å². The smallest absolute Gasteiger partial charge is 0.317 e. The molecule has 1 aliphatic carbocycles. The van der Waals surface area contributed by atoms with Crippen LogP contribution in [0.25, 0.3) is 0 Å². The van der Waals surface area contributed by atoms with Crippen molar-refractivity contribution >= 4 is 18.0 Å². The molecule has 0 aromatic heterocycles. The van der Waals surface area contributed by atoms with Gasteiger partial charge in [0.25, 0.3) is 0 Å². The van der Waals surface area contributed by atoms with E-state index in [0.29, 0.717) is 11.7 Å². The Morgan fingerprint density at radius 3 is 2.67 bits per heavy atom.